The maximum absolute atomic E-state index is 14.0. The highest BCUT2D eigenvalue weighted by atomic mass is 35.5. The van der Waals surface area contributed by atoms with Crippen molar-refractivity contribution in [1.82, 2.24) is 5.32 Å². The molecule has 0 unspecified atom stereocenters. The number of halogens is 6. The number of anilines is 1. The second kappa shape index (κ2) is 9.88. The van der Waals surface area contributed by atoms with E-state index in [9.17, 15) is 36.6 Å². The SMILES string of the molecule is CC(C)(O)COc1cc(NC(=O)c2cc(F)cc(C(F)(F)F)c2)c2c(c1)C(=O)N[C@H]2c1cc(F)ccc1Cl. The van der Waals surface area contributed by atoms with Gasteiger partial charge in [-0.1, -0.05) is 11.6 Å². The summed E-state index contributed by atoms with van der Waals surface area (Å²) in [5, 5.41) is 15.2. The standard InChI is InChI=1S/C26H20ClF5N2O4/c1-25(2,37)11-38-16-9-18-21(22(34-24(18)36)17-8-14(28)3-4-19(17)27)20(10-16)33-23(35)12-5-13(26(30,31)32)7-15(29)6-12/h3-10,22,37H,11H2,1-2H3,(H,33,35)(H,34,36)/t22-/m0/s1. The van der Waals surface area contributed by atoms with Crippen molar-refractivity contribution in [3.05, 3.63) is 93.0 Å². The number of alkyl halides is 3. The van der Waals surface area contributed by atoms with Gasteiger partial charge in [0.2, 0.25) is 0 Å². The molecule has 0 aromatic heterocycles. The molecule has 0 saturated heterocycles. The van der Waals surface area contributed by atoms with Crippen LogP contribution in [0.15, 0.2) is 48.5 Å². The summed E-state index contributed by atoms with van der Waals surface area (Å²) in [6.07, 6.45) is -4.90. The molecule has 3 N–H and O–H groups in total. The molecule has 1 aliphatic rings. The van der Waals surface area contributed by atoms with Gasteiger partial charge in [-0.15, -0.1) is 0 Å². The van der Waals surface area contributed by atoms with Gasteiger partial charge in [-0.05, 0) is 56.3 Å². The van der Waals surface area contributed by atoms with Crippen molar-refractivity contribution in [1.29, 1.82) is 0 Å². The third-order valence-electron chi connectivity index (χ3n) is 5.56. The molecule has 0 radical (unpaired) electrons. The van der Waals surface area contributed by atoms with Gasteiger partial charge in [0.1, 0.15) is 24.0 Å². The number of amides is 2. The van der Waals surface area contributed by atoms with E-state index in [0.717, 1.165) is 12.1 Å². The van der Waals surface area contributed by atoms with E-state index in [4.69, 9.17) is 16.3 Å². The van der Waals surface area contributed by atoms with Gasteiger partial charge < -0.3 is 20.5 Å². The van der Waals surface area contributed by atoms with E-state index >= 15 is 0 Å². The Labute approximate surface area is 218 Å². The number of fused-ring (bicyclic) bond motifs is 1. The fourth-order valence-electron chi connectivity index (χ4n) is 3.90. The fraction of sp³-hybridized carbons (Fsp3) is 0.231. The van der Waals surface area contributed by atoms with E-state index in [0.29, 0.717) is 12.1 Å². The van der Waals surface area contributed by atoms with Crippen LogP contribution in [0.1, 0.15) is 57.3 Å². The minimum atomic E-state index is -4.90. The number of aliphatic hydroxyl groups is 1. The highest BCUT2D eigenvalue weighted by molar-refractivity contribution is 6.31. The number of carbonyl (C=O) groups excluding carboxylic acids is 2. The lowest BCUT2D eigenvalue weighted by Crippen LogP contribution is -2.28. The van der Waals surface area contributed by atoms with Gasteiger partial charge in [-0.3, -0.25) is 9.59 Å². The summed E-state index contributed by atoms with van der Waals surface area (Å²) in [4.78, 5) is 25.9. The molecule has 0 spiro atoms. The van der Waals surface area contributed by atoms with Crippen molar-refractivity contribution >= 4 is 29.1 Å². The topological polar surface area (TPSA) is 87.7 Å². The van der Waals surface area contributed by atoms with Crippen molar-refractivity contribution < 1.29 is 41.4 Å². The zero-order valence-corrected chi connectivity index (χ0v) is 20.6. The van der Waals surface area contributed by atoms with Crippen molar-refractivity contribution in [2.24, 2.45) is 0 Å². The maximum Gasteiger partial charge on any atom is 0.416 e. The number of nitrogens with one attached hydrogen (secondary N) is 2. The van der Waals surface area contributed by atoms with Crippen molar-refractivity contribution in [3.63, 3.8) is 0 Å². The second-order valence-corrected chi connectivity index (χ2v) is 9.69. The Hall–Kier alpha value is -3.70. The first-order valence-electron chi connectivity index (χ1n) is 11.1. The number of benzene rings is 3. The van der Waals surface area contributed by atoms with E-state index in [-0.39, 0.29) is 45.8 Å². The zero-order valence-electron chi connectivity index (χ0n) is 19.8. The first kappa shape index (κ1) is 27.3. The molecular formula is C26H20ClF5N2O4. The van der Waals surface area contributed by atoms with Gasteiger partial charge in [0, 0.05) is 27.8 Å². The summed E-state index contributed by atoms with van der Waals surface area (Å²) in [6.45, 7) is 2.73. The molecule has 6 nitrogen and oxygen atoms in total. The molecule has 2 amide bonds. The van der Waals surface area contributed by atoms with Crippen LogP contribution in [0.3, 0.4) is 0 Å². The Bertz CT molecular complexity index is 1440. The van der Waals surface area contributed by atoms with Gasteiger partial charge in [0.25, 0.3) is 11.8 Å². The zero-order chi connectivity index (χ0) is 28.0. The summed E-state index contributed by atoms with van der Waals surface area (Å²) in [7, 11) is 0. The molecule has 1 heterocycles. The molecule has 0 fully saturated rings. The molecule has 0 saturated carbocycles. The van der Waals surface area contributed by atoms with Crippen LogP contribution in [-0.4, -0.2) is 29.1 Å². The predicted molar refractivity (Wildman–Crippen MR) is 128 cm³/mol. The smallest absolute Gasteiger partial charge is 0.416 e. The van der Waals surface area contributed by atoms with E-state index in [1.54, 1.807) is 0 Å². The molecule has 3 aromatic carbocycles. The van der Waals surface area contributed by atoms with Crippen LogP contribution in [0.25, 0.3) is 0 Å². The average molecular weight is 555 g/mol. The number of ether oxygens (including phenoxy) is 1. The lowest BCUT2D eigenvalue weighted by molar-refractivity contribution is -0.137. The summed E-state index contributed by atoms with van der Waals surface area (Å²) in [5.41, 5.74) is -3.04. The number of rotatable bonds is 6. The lowest BCUT2D eigenvalue weighted by Gasteiger charge is -2.21. The lowest BCUT2D eigenvalue weighted by atomic mass is 9.95. The average Bonchev–Trinajstić information content (AvgIpc) is 3.14. The van der Waals surface area contributed by atoms with Gasteiger partial charge in [-0.25, -0.2) is 8.78 Å². The Balaban J connectivity index is 1.82. The molecule has 0 aliphatic carbocycles. The van der Waals surface area contributed by atoms with E-state index in [2.05, 4.69) is 10.6 Å². The Morgan fingerprint density at radius 3 is 2.45 bits per heavy atom. The largest absolute Gasteiger partial charge is 0.491 e. The van der Waals surface area contributed by atoms with E-state index in [1.807, 2.05) is 0 Å². The third kappa shape index (κ3) is 5.89. The normalized spacial score (nSPS) is 15.2. The van der Waals surface area contributed by atoms with Crippen LogP contribution < -0.4 is 15.4 Å². The molecule has 12 heteroatoms. The van der Waals surface area contributed by atoms with Crippen molar-refractivity contribution in [2.75, 3.05) is 11.9 Å². The van der Waals surface area contributed by atoms with Gasteiger partial charge in [0.15, 0.2) is 0 Å². The fourth-order valence-corrected chi connectivity index (χ4v) is 4.13. The Morgan fingerprint density at radius 1 is 1.08 bits per heavy atom. The second-order valence-electron chi connectivity index (χ2n) is 9.29. The van der Waals surface area contributed by atoms with E-state index in [1.165, 1.54) is 32.0 Å². The Kier molecular flexibility index (Phi) is 7.11. The van der Waals surface area contributed by atoms with Crippen LogP contribution in [0, 0.1) is 11.6 Å². The predicted octanol–water partition coefficient (Wildman–Crippen LogP) is 5.87. The molecule has 3 aromatic rings. The van der Waals surface area contributed by atoms with Crippen molar-refractivity contribution in [2.45, 2.75) is 31.7 Å². The van der Waals surface area contributed by atoms with Crippen LogP contribution >= 0.6 is 11.6 Å². The summed E-state index contributed by atoms with van der Waals surface area (Å²) in [5.74, 6) is -3.63. The van der Waals surface area contributed by atoms with Crippen LogP contribution in [0.5, 0.6) is 5.75 Å². The van der Waals surface area contributed by atoms with Crippen LogP contribution in [0.2, 0.25) is 5.02 Å². The molecule has 4 rings (SSSR count). The number of carbonyl (C=O) groups is 2. The van der Waals surface area contributed by atoms with Gasteiger partial charge in [-0.2, -0.15) is 13.2 Å². The molecule has 1 aliphatic heterocycles. The van der Waals surface area contributed by atoms with Gasteiger partial charge >= 0.3 is 6.18 Å². The number of hydrogen-bond donors (Lipinski definition) is 3. The van der Waals surface area contributed by atoms with Crippen LogP contribution in [-0.2, 0) is 6.18 Å². The quantitative estimate of drug-likeness (QED) is 0.333. The highest BCUT2D eigenvalue weighted by Crippen LogP contribution is 2.42. The summed E-state index contributed by atoms with van der Waals surface area (Å²) < 4.78 is 73.1. The highest BCUT2D eigenvalue weighted by Gasteiger charge is 2.36. The number of hydrogen-bond acceptors (Lipinski definition) is 4. The first-order valence-corrected chi connectivity index (χ1v) is 11.5. The monoisotopic (exact) mass is 554 g/mol. The molecule has 1 atom stereocenters. The van der Waals surface area contributed by atoms with Crippen LogP contribution in [0.4, 0.5) is 27.6 Å². The summed E-state index contributed by atoms with van der Waals surface area (Å²) in [6, 6.07) is 6.43. The van der Waals surface area contributed by atoms with Gasteiger partial charge in [0.05, 0.1) is 28.5 Å². The minimum Gasteiger partial charge on any atom is -0.491 e. The third-order valence-corrected chi connectivity index (χ3v) is 5.90. The van der Waals surface area contributed by atoms with E-state index < -0.39 is 52.4 Å². The minimum absolute atomic E-state index is 0.00842. The maximum atomic E-state index is 14.0. The molecule has 0 bridgehead atoms. The van der Waals surface area contributed by atoms with Crippen molar-refractivity contribution in [3.8, 4) is 5.75 Å². The summed E-state index contributed by atoms with van der Waals surface area (Å²) >= 11 is 6.25. The molecular weight excluding hydrogens is 535 g/mol. The first-order chi connectivity index (χ1) is 17.6. The Morgan fingerprint density at radius 2 is 1.79 bits per heavy atom. The molecule has 38 heavy (non-hydrogen) atoms. The molecule has 200 valence electrons.